The Bertz CT molecular complexity index is 345. The van der Waals surface area contributed by atoms with Crippen LogP contribution in [-0.4, -0.2) is 19.6 Å². The summed E-state index contributed by atoms with van der Waals surface area (Å²) in [4.78, 5) is 3.83. The molecule has 0 fully saturated rings. The van der Waals surface area contributed by atoms with Crippen LogP contribution in [0.5, 0.6) is 11.6 Å². The van der Waals surface area contributed by atoms with Gasteiger partial charge in [0.1, 0.15) is 13.7 Å². The number of nitrogen functional groups attached to an aromatic ring is 1. The Morgan fingerprint density at radius 1 is 1.50 bits per heavy atom. The van der Waals surface area contributed by atoms with Crippen molar-refractivity contribution >= 4 is 30.7 Å². The number of nitrogens with zero attached hydrogens (tertiary/aromatic N) is 1. The largest absolute Gasteiger partial charge is 0.452 e. The van der Waals surface area contributed by atoms with Gasteiger partial charge < -0.3 is 15.2 Å². The van der Waals surface area contributed by atoms with Crippen LogP contribution < -0.4 is 20.7 Å². The number of aromatic nitrogens is 1. The second kappa shape index (κ2) is 2.45. The maximum absolute atomic E-state index is 5.71. The van der Waals surface area contributed by atoms with E-state index in [0.717, 1.165) is 0 Å². The summed E-state index contributed by atoms with van der Waals surface area (Å²) < 4.78 is 9.98. The number of halogens is 1. The molecule has 0 bridgehead atoms. The molecule has 0 saturated heterocycles. The Morgan fingerprint density at radius 3 is 3.00 bits per heavy atom. The fraction of sp³-hybridized carbons (Fsp3) is 0.167. The van der Waals surface area contributed by atoms with E-state index in [1.807, 2.05) is 0 Å². The molecule has 2 heterocycles. The average Bonchev–Trinajstić information content (AvgIpc) is 2.48. The van der Waals surface area contributed by atoms with E-state index in [4.69, 9.17) is 34.7 Å². The topological polar surface area (TPSA) is 57.4 Å². The van der Waals surface area contributed by atoms with E-state index in [9.17, 15) is 0 Å². The molecule has 6 heteroatoms. The van der Waals surface area contributed by atoms with Gasteiger partial charge in [-0.05, 0) is 5.46 Å². The molecule has 0 aliphatic carbocycles. The van der Waals surface area contributed by atoms with E-state index >= 15 is 0 Å². The monoisotopic (exact) mass is 182 g/mol. The van der Waals surface area contributed by atoms with Crippen LogP contribution in [0.15, 0.2) is 0 Å². The second-order valence-electron chi connectivity index (χ2n) is 2.27. The van der Waals surface area contributed by atoms with Crippen molar-refractivity contribution in [2.75, 3.05) is 12.5 Å². The first kappa shape index (κ1) is 7.55. The molecule has 1 aromatic rings. The molecular formula is C6H4BClN2O2. The molecule has 4 nitrogen and oxygen atoms in total. The van der Waals surface area contributed by atoms with Crippen molar-refractivity contribution in [1.82, 2.24) is 4.98 Å². The van der Waals surface area contributed by atoms with Crippen LogP contribution >= 0.6 is 11.6 Å². The van der Waals surface area contributed by atoms with Crippen molar-refractivity contribution in [3.05, 3.63) is 5.02 Å². The van der Waals surface area contributed by atoms with Gasteiger partial charge in [-0.2, -0.15) is 4.98 Å². The minimum absolute atomic E-state index is 0.103. The van der Waals surface area contributed by atoms with E-state index in [1.165, 1.54) is 0 Å². The van der Waals surface area contributed by atoms with Crippen molar-refractivity contribution in [3.8, 4) is 11.6 Å². The highest BCUT2D eigenvalue weighted by Crippen LogP contribution is 2.31. The maximum atomic E-state index is 5.71. The van der Waals surface area contributed by atoms with E-state index < -0.39 is 0 Å². The lowest BCUT2D eigenvalue weighted by Gasteiger charge is -2.04. The summed E-state index contributed by atoms with van der Waals surface area (Å²) >= 11 is 5.71. The minimum atomic E-state index is 0.103. The number of nitrogens with two attached hydrogens (primary N) is 1. The van der Waals surface area contributed by atoms with E-state index in [1.54, 1.807) is 0 Å². The lowest BCUT2D eigenvalue weighted by atomic mass is 9.96. The zero-order valence-electron chi connectivity index (χ0n) is 6.00. The number of hydrogen-bond acceptors (Lipinski definition) is 4. The van der Waals surface area contributed by atoms with Gasteiger partial charge in [-0.15, -0.1) is 0 Å². The number of fused-ring (bicyclic) bond motifs is 1. The SMILES string of the molecule is [B]c1c(Cl)c(N)nc2c1OCO2. The van der Waals surface area contributed by atoms with Crippen molar-refractivity contribution in [2.45, 2.75) is 0 Å². The van der Waals surface area contributed by atoms with E-state index in [0.29, 0.717) is 11.6 Å². The van der Waals surface area contributed by atoms with Gasteiger partial charge in [0.25, 0.3) is 5.88 Å². The van der Waals surface area contributed by atoms with Crippen LogP contribution in [0, 0.1) is 0 Å². The summed E-state index contributed by atoms with van der Waals surface area (Å²) in [6.45, 7) is 0.103. The highest BCUT2D eigenvalue weighted by atomic mass is 35.5. The van der Waals surface area contributed by atoms with Crippen LogP contribution in [0.1, 0.15) is 0 Å². The van der Waals surface area contributed by atoms with Crippen LogP contribution in [0.3, 0.4) is 0 Å². The predicted octanol–water partition coefficient (Wildman–Crippen LogP) is -0.160. The van der Waals surface area contributed by atoms with Gasteiger partial charge in [-0.3, -0.25) is 0 Å². The van der Waals surface area contributed by atoms with Crippen molar-refractivity contribution < 1.29 is 9.47 Å². The summed E-state index contributed by atoms with van der Waals surface area (Å²) in [5, 5.41) is 0.208. The smallest absolute Gasteiger partial charge is 0.261 e. The van der Waals surface area contributed by atoms with Crippen molar-refractivity contribution in [1.29, 1.82) is 0 Å². The number of hydrogen-bond donors (Lipinski definition) is 1. The van der Waals surface area contributed by atoms with Gasteiger partial charge in [0.15, 0.2) is 5.75 Å². The Morgan fingerprint density at radius 2 is 2.25 bits per heavy atom. The normalized spacial score (nSPS) is 13.4. The number of ether oxygens (including phenoxy) is 2. The molecule has 1 aliphatic heterocycles. The zero-order chi connectivity index (χ0) is 8.72. The summed E-state index contributed by atoms with van der Waals surface area (Å²) in [5.74, 6) is 0.821. The first-order chi connectivity index (χ1) is 5.70. The van der Waals surface area contributed by atoms with E-state index in [-0.39, 0.29) is 23.1 Å². The highest BCUT2D eigenvalue weighted by Gasteiger charge is 2.20. The molecule has 0 saturated carbocycles. The Labute approximate surface area is 75.0 Å². The molecule has 1 aliphatic rings. The molecule has 0 atom stereocenters. The maximum Gasteiger partial charge on any atom is 0.261 e. The molecule has 1 aromatic heterocycles. The predicted molar refractivity (Wildman–Crippen MR) is 45.2 cm³/mol. The van der Waals surface area contributed by atoms with E-state index in [2.05, 4.69) is 4.98 Å². The summed E-state index contributed by atoms with van der Waals surface area (Å²) in [6, 6.07) is 0. The Balaban J connectivity index is 2.67. The summed E-state index contributed by atoms with van der Waals surface area (Å²) in [5.41, 5.74) is 5.71. The number of rotatable bonds is 0. The van der Waals surface area contributed by atoms with Crippen LogP contribution in [0.2, 0.25) is 5.02 Å². The van der Waals surface area contributed by atoms with Gasteiger partial charge in [0.05, 0.1) is 5.02 Å². The molecule has 2 rings (SSSR count). The van der Waals surface area contributed by atoms with Gasteiger partial charge in [0, 0.05) is 0 Å². The molecule has 2 N–H and O–H groups in total. The first-order valence-electron chi connectivity index (χ1n) is 3.20. The fourth-order valence-electron chi connectivity index (χ4n) is 0.944. The molecule has 60 valence electrons. The lowest BCUT2D eigenvalue weighted by molar-refractivity contribution is 0.171. The van der Waals surface area contributed by atoms with Gasteiger partial charge >= 0.3 is 0 Å². The number of anilines is 1. The molecule has 2 radical (unpaired) electrons. The highest BCUT2D eigenvalue weighted by molar-refractivity contribution is 6.47. The average molecular weight is 182 g/mol. The third-order valence-electron chi connectivity index (χ3n) is 1.52. The third kappa shape index (κ3) is 0.897. The molecule has 0 unspecified atom stereocenters. The standard InChI is InChI=1S/C6H4BClN2O2/c7-2-3(8)5(9)10-6-4(2)11-1-12-6/h1H2,(H2,9,10). The van der Waals surface area contributed by atoms with Crippen molar-refractivity contribution in [3.63, 3.8) is 0 Å². The summed E-state index contributed by atoms with van der Waals surface area (Å²) in [7, 11) is 5.58. The fourth-order valence-corrected chi connectivity index (χ4v) is 1.07. The summed E-state index contributed by atoms with van der Waals surface area (Å²) in [6.07, 6.45) is 0. The molecule has 0 spiro atoms. The lowest BCUT2D eigenvalue weighted by Crippen LogP contribution is -2.10. The van der Waals surface area contributed by atoms with Gasteiger partial charge in [-0.1, -0.05) is 11.6 Å². The second-order valence-corrected chi connectivity index (χ2v) is 2.64. The quantitative estimate of drug-likeness (QED) is 0.567. The van der Waals surface area contributed by atoms with Gasteiger partial charge in [0.2, 0.25) is 6.79 Å². The molecule has 0 amide bonds. The molecular weight excluding hydrogens is 178 g/mol. The zero-order valence-corrected chi connectivity index (χ0v) is 6.76. The van der Waals surface area contributed by atoms with Crippen molar-refractivity contribution in [2.24, 2.45) is 0 Å². The third-order valence-corrected chi connectivity index (χ3v) is 1.92. The van der Waals surface area contributed by atoms with Crippen LogP contribution in [-0.2, 0) is 0 Å². The van der Waals surface area contributed by atoms with Crippen LogP contribution in [0.4, 0.5) is 5.82 Å². The van der Waals surface area contributed by atoms with Crippen LogP contribution in [0.25, 0.3) is 0 Å². The Kier molecular flexibility index (Phi) is 1.54. The Hall–Kier alpha value is -1.10. The molecule has 12 heavy (non-hydrogen) atoms. The number of pyridine rings is 1. The molecule has 0 aromatic carbocycles. The minimum Gasteiger partial charge on any atom is -0.452 e. The van der Waals surface area contributed by atoms with Gasteiger partial charge in [-0.25, -0.2) is 0 Å². The first-order valence-corrected chi connectivity index (χ1v) is 3.58.